The summed E-state index contributed by atoms with van der Waals surface area (Å²) in [7, 11) is 1.53. The van der Waals surface area contributed by atoms with Crippen LogP contribution in [0.25, 0.3) is 11.0 Å². The average molecular weight is 191 g/mol. The van der Waals surface area contributed by atoms with Gasteiger partial charge in [-0.15, -0.1) is 0 Å². The number of methoxy groups -OCH3 is 1. The molecule has 0 unspecified atom stereocenters. The van der Waals surface area contributed by atoms with Crippen molar-refractivity contribution in [3.63, 3.8) is 0 Å². The lowest BCUT2D eigenvalue weighted by Gasteiger charge is -2.03. The van der Waals surface area contributed by atoms with Gasteiger partial charge in [-0.3, -0.25) is 4.79 Å². The van der Waals surface area contributed by atoms with Crippen LogP contribution in [0.5, 0.6) is 5.88 Å². The first-order valence-corrected chi connectivity index (χ1v) is 4.12. The zero-order valence-electron chi connectivity index (χ0n) is 7.87. The van der Waals surface area contributed by atoms with Gasteiger partial charge in [0.2, 0.25) is 11.4 Å². The topological polar surface area (TPSA) is 67.9 Å². The standard InChI is InChI=1S/C9H9N3O2/c1-5-10-8-6(9(11-5)14-2)3-4-7(13)12-8/h3-4H,1-2H3,(H,10,11,12,13). The summed E-state index contributed by atoms with van der Waals surface area (Å²) in [6.45, 7) is 1.74. The molecule has 5 nitrogen and oxygen atoms in total. The second-order valence-corrected chi connectivity index (χ2v) is 2.86. The third-order valence-electron chi connectivity index (χ3n) is 1.86. The number of aromatic nitrogens is 3. The zero-order chi connectivity index (χ0) is 10.1. The number of fused-ring (bicyclic) bond motifs is 1. The van der Waals surface area contributed by atoms with Gasteiger partial charge in [-0.25, -0.2) is 4.98 Å². The lowest BCUT2D eigenvalue weighted by atomic mass is 10.3. The molecule has 0 aliphatic heterocycles. The van der Waals surface area contributed by atoms with Gasteiger partial charge in [0.25, 0.3) is 0 Å². The number of H-pyrrole nitrogens is 1. The van der Waals surface area contributed by atoms with Gasteiger partial charge in [0.15, 0.2) is 0 Å². The third kappa shape index (κ3) is 1.32. The molecule has 14 heavy (non-hydrogen) atoms. The highest BCUT2D eigenvalue weighted by molar-refractivity contribution is 5.79. The summed E-state index contributed by atoms with van der Waals surface area (Å²) in [6, 6.07) is 3.07. The molecule has 0 aliphatic carbocycles. The minimum atomic E-state index is -0.183. The molecule has 0 amide bonds. The molecular weight excluding hydrogens is 182 g/mol. The monoisotopic (exact) mass is 191 g/mol. The molecular formula is C9H9N3O2. The van der Waals surface area contributed by atoms with E-state index >= 15 is 0 Å². The first-order chi connectivity index (χ1) is 6.70. The Kier molecular flexibility index (Phi) is 1.92. The number of hydrogen-bond acceptors (Lipinski definition) is 4. The van der Waals surface area contributed by atoms with Gasteiger partial charge in [0.1, 0.15) is 11.5 Å². The van der Waals surface area contributed by atoms with E-state index in [1.165, 1.54) is 13.2 Å². The fourth-order valence-corrected chi connectivity index (χ4v) is 1.27. The van der Waals surface area contributed by atoms with E-state index in [9.17, 15) is 4.79 Å². The molecule has 5 heteroatoms. The highest BCUT2D eigenvalue weighted by Gasteiger charge is 2.05. The first-order valence-electron chi connectivity index (χ1n) is 4.12. The van der Waals surface area contributed by atoms with Crippen LogP contribution in [0.4, 0.5) is 0 Å². The molecule has 0 spiro atoms. The molecule has 1 N–H and O–H groups in total. The molecule has 2 aromatic heterocycles. The van der Waals surface area contributed by atoms with Gasteiger partial charge >= 0.3 is 0 Å². The van der Waals surface area contributed by atoms with Crippen molar-refractivity contribution in [2.75, 3.05) is 7.11 Å². The second-order valence-electron chi connectivity index (χ2n) is 2.86. The van der Waals surface area contributed by atoms with E-state index in [1.54, 1.807) is 13.0 Å². The number of nitrogens with zero attached hydrogens (tertiary/aromatic N) is 2. The first kappa shape index (κ1) is 8.68. The van der Waals surface area contributed by atoms with Crippen molar-refractivity contribution in [3.05, 3.63) is 28.3 Å². The molecule has 72 valence electrons. The van der Waals surface area contributed by atoms with Crippen molar-refractivity contribution >= 4 is 11.0 Å². The highest BCUT2D eigenvalue weighted by Crippen LogP contribution is 2.18. The summed E-state index contributed by atoms with van der Waals surface area (Å²) in [6.07, 6.45) is 0. The summed E-state index contributed by atoms with van der Waals surface area (Å²) in [5, 5.41) is 0.706. The Morgan fingerprint density at radius 1 is 1.36 bits per heavy atom. The van der Waals surface area contributed by atoms with Crippen LogP contribution >= 0.6 is 0 Å². The molecule has 0 fully saturated rings. The normalized spacial score (nSPS) is 10.4. The molecule has 0 radical (unpaired) electrons. The van der Waals surface area contributed by atoms with E-state index in [0.717, 1.165) is 0 Å². The maximum atomic E-state index is 11.0. The Balaban J connectivity index is 2.87. The Labute approximate surface area is 79.8 Å². The number of aromatic amines is 1. The van der Waals surface area contributed by atoms with Crippen LogP contribution in [-0.4, -0.2) is 22.1 Å². The number of nitrogens with one attached hydrogen (secondary N) is 1. The Morgan fingerprint density at radius 2 is 2.14 bits per heavy atom. The molecule has 0 atom stereocenters. The van der Waals surface area contributed by atoms with Crippen molar-refractivity contribution < 1.29 is 4.74 Å². The summed E-state index contributed by atoms with van der Waals surface area (Å²) in [5.41, 5.74) is 0.319. The minimum absolute atomic E-state index is 0.183. The van der Waals surface area contributed by atoms with Gasteiger partial charge in [0, 0.05) is 6.07 Å². The van der Waals surface area contributed by atoms with Crippen LogP contribution in [0.1, 0.15) is 5.82 Å². The van der Waals surface area contributed by atoms with Crippen molar-refractivity contribution in [2.45, 2.75) is 6.92 Å². The lowest BCUT2D eigenvalue weighted by Crippen LogP contribution is -2.06. The van der Waals surface area contributed by atoms with E-state index in [-0.39, 0.29) is 5.56 Å². The van der Waals surface area contributed by atoms with Crippen LogP contribution in [0.2, 0.25) is 0 Å². The van der Waals surface area contributed by atoms with Gasteiger partial charge in [0.05, 0.1) is 12.5 Å². The van der Waals surface area contributed by atoms with Crippen LogP contribution in [0, 0.1) is 6.92 Å². The van der Waals surface area contributed by atoms with E-state index in [0.29, 0.717) is 22.7 Å². The van der Waals surface area contributed by atoms with Gasteiger partial charge in [-0.2, -0.15) is 4.98 Å². The van der Waals surface area contributed by atoms with Crippen LogP contribution in [-0.2, 0) is 0 Å². The molecule has 0 saturated carbocycles. The Morgan fingerprint density at radius 3 is 2.86 bits per heavy atom. The van der Waals surface area contributed by atoms with Gasteiger partial charge in [-0.05, 0) is 13.0 Å². The number of hydrogen-bond donors (Lipinski definition) is 1. The molecule has 2 rings (SSSR count). The van der Waals surface area contributed by atoms with Crippen LogP contribution in [0.15, 0.2) is 16.9 Å². The predicted octanol–water partition coefficient (Wildman–Crippen LogP) is 0.635. The second kappa shape index (κ2) is 3.10. The molecule has 0 saturated heterocycles. The Bertz CT molecular complexity index is 533. The molecule has 2 aromatic rings. The van der Waals surface area contributed by atoms with Crippen molar-refractivity contribution in [1.82, 2.24) is 15.0 Å². The van der Waals surface area contributed by atoms with Gasteiger partial charge in [-0.1, -0.05) is 0 Å². The van der Waals surface area contributed by atoms with E-state index < -0.39 is 0 Å². The van der Waals surface area contributed by atoms with Crippen LogP contribution < -0.4 is 10.3 Å². The van der Waals surface area contributed by atoms with E-state index in [1.807, 2.05) is 0 Å². The van der Waals surface area contributed by atoms with Crippen molar-refractivity contribution in [3.8, 4) is 5.88 Å². The summed E-state index contributed by atoms with van der Waals surface area (Å²) in [5.74, 6) is 1.04. The van der Waals surface area contributed by atoms with E-state index in [2.05, 4.69) is 15.0 Å². The lowest BCUT2D eigenvalue weighted by molar-refractivity contribution is 0.401. The fourth-order valence-electron chi connectivity index (χ4n) is 1.27. The smallest absolute Gasteiger partial charge is 0.249 e. The number of rotatable bonds is 1. The Hall–Kier alpha value is -1.91. The number of pyridine rings is 1. The average Bonchev–Trinajstić information content (AvgIpc) is 2.15. The molecule has 0 aliphatic rings. The molecule has 2 heterocycles. The van der Waals surface area contributed by atoms with Crippen molar-refractivity contribution in [2.24, 2.45) is 0 Å². The predicted molar refractivity (Wildman–Crippen MR) is 51.4 cm³/mol. The largest absolute Gasteiger partial charge is 0.480 e. The maximum Gasteiger partial charge on any atom is 0.249 e. The molecule has 0 aromatic carbocycles. The molecule has 0 bridgehead atoms. The SMILES string of the molecule is COc1nc(C)nc2[nH]c(=O)ccc12. The summed E-state index contributed by atoms with van der Waals surface area (Å²) < 4.78 is 5.08. The van der Waals surface area contributed by atoms with Gasteiger partial charge < -0.3 is 9.72 Å². The minimum Gasteiger partial charge on any atom is -0.480 e. The quantitative estimate of drug-likeness (QED) is 0.718. The summed E-state index contributed by atoms with van der Waals surface area (Å²) in [4.78, 5) is 21.8. The fraction of sp³-hybridized carbons (Fsp3) is 0.222. The summed E-state index contributed by atoms with van der Waals surface area (Å²) >= 11 is 0. The van der Waals surface area contributed by atoms with Crippen LogP contribution in [0.3, 0.4) is 0 Å². The third-order valence-corrected chi connectivity index (χ3v) is 1.86. The highest BCUT2D eigenvalue weighted by atomic mass is 16.5. The van der Waals surface area contributed by atoms with Crippen molar-refractivity contribution in [1.29, 1.82) is 0 Å². The maximum absolute atomic E-state index is 11.0. The number of aryl methyl sites for hydroxylation is 1. The van der Waals surface area contributed by atoms with E-state index in [4.69, 9.17) is 4.74 Å². The number of ether oxygens (including phenoxy) is 1. The zero-order valence-corrected chi connectivity index (χ0v) is 7.87.